The van der Waals surface area contributed by atoms with Crippen molar-refractivity contribution >= 4 is 39.0 Å². The van der Waals surface area contributed by atoms with Crippen LogP contribution in [0.1, 0.15) is 0 Å². The fourth-order valence-electron chi connectivity index (χ4n) is 1.07. The molecule has 1 aromatic carbocycles. The van der Waals surface area contributed by atoms with Crippen LogP contribution < -0.4 is 4.72 Å². The van der Waals surface area contributed by atoms with E-state index in [0.717, 1.165) is 18.2 Å². The van der Waals surface area contributed by atoms with Gasteiger partial charge in [0, 0.05) is 12.1 Å². The highest BCUT2D eigenvalue weighted by Gasteiger charge is 2.18. The van der Waals surface area contributed by atoms with Crippen LogP contribution in [0.3, 0.4) is 0 Å². The Kier molecular flexibility index (Phi) is 4.09. The minimum atomic E-state index is -4.09. The third-order valence-electron chi connectivity index (χ3n) is 1.74. The van der Waals surface area contributed by atoms with Crippen LogP contribution in [0.2, 0.25) is 5.02 Å². The molecule has 18 heavy (non-hydrogen) atoms. The summed E-state index contributed by atoms with van der Waals surface area (Å²) >= 11 is 5.64. The maximum absolute atomic E-state index is 11.3. The second-order valence-corrected chi connectivity index (χ2v) is 5.31. The Morgan fingerprint density at radius 3 is 2.56 bits per heavy atom. The summed E-state index contributed by atoms with van der Waals surface area (Å²) in [6.07, 6.45) is 0. The van der Waals surface area contributed by atoms with Crippen LogP contribution in [0.4, 0.5) is 11.4 Å². The number of sulfonamides is 1. The van der Waals surface area contributed by atoms with Gasteiger partial charge in [-0.15, -0.1) is 0 Å². The smallest absolute Gasteiger partial charge is 0.320 e. The van der Waals surface area contributed by atoms with Crippen molar-refractivity contribution in [2.45, 2.75) is 0 Å². The number of carboxylic acids is 1. The van der Waals surface area contributed by atoms with Gasteiger partial charge >= 0.3 is 5.97 Å². The molecule has 1 aromatic rings. The average molecular weight is 295 g/mol. The van der Waals surface area contributed by atoms with Crippen LogP contribution >= 0.6 is 11.6 Å². The van der Waals surface area contributed by atoms with Gasteiger partial charge in [-0.3, -0.25) is 19.6 Å². The van der Waals surface area contributed by atoms with Gasteiger partial charge in [-0.2, -0.15) is 0 Å². The van der Waals surface area contributed by atoms with Gasteiger partial charge in [0.25, 0.3) is 5.69 Å². The summed E-state index contributed by atoms with van der Waals surface area (Å²) in [5.41, 5.74) is -0.426. The summed E-state index contributed by atoms with van der Waals surface area (Å²) in [4.78, 5) is 20.0. The molecule has 0 atom stereocenters. The molecule has 0 bridgehead atoms. The lowest BCUT2D eigenvalue weighted by Crippen LogP contribution is -2.22. The van der Waals surface area contributed by atoms with E-state index in [1.165, 1.54) is 0 Å². The number of carboxylic acid groups (broad SMARTS) is 1. The second kappa shape index (κ2) is 5.19. The number of nitro groups is 1. The first-order valence-corrected chi connectivity index (χ1v) is 6.40. The van der Waals surface area contributed by atoms with Gasteiger partial charge in [0.1, 0.15) is 0 Å². The molecule has 0 aromatic heterocycles. The van der Waals surface area contributed by atoms with E-state index in [2.05, 4.69) is 0 Å². The van der Waals surface area contributed by atoms with Crippen LogP contribution in [0.25, 0.3) is 0 Å². The molecule has 0 spiro atoms. The molecule has 0 fully saturated rings. The van der Waals surface area contributed by atoms with Crippen LogP contribution in [-0.2, 0) is 14.8 Å². The second-order valence-electron chi connectivity index (χ2n) is 3.18. The fourth-order valence-corrected chi connectivity index (χ4v) is 2.25. The lowest BCUT2D eigenvalue weighted by atomic mass is 10.3. The van der Waals surface area contributed by atoms with Gasteiger partial charge < -0.3 is 5.11 Å². The van der Waals surface area contributed by atoms with E-state index >= 15 is 0 Å². The minimum absolute atomic E-state index is 0.122. The molecule has 10 heteroatoms. The number of nitrogens with zero attached hydrogens (tertiary/aromatic N) is 1. The molecule has 1 rings (SSSR count). The zero-order valence-corrected chi connectivity index (χ0v) is 10.2. The maximum atomic E-state index is 11.3. The predicted molar refractivity (Wildman–Crippen MR) is 63.2 cm³/mol. The minimum Gasteiger partial charge on any atom is -0.480 e. The largest absolute Gasteiger partial charge is 0.480 e. The number of nitro benzene ring substituents is 1. The number of aliphatic carboxylic acids is 1. The Morgan fingerprint density at radius 1 is 1.50 bits per heavy atom. The van der Waals surface area contributed by atoms with E-state index in [-0.39, 0.29) is 16.4 Å². The summed E-state index contributed by atoms with van der Waals surface area (Å²) < 4.78 is 24.5. The highest BCUT2D eigenvalue weighted by Crippen LogP contribution is 2.27. The monoisotopic (exact) mass is 294 g/mol. The first kappa shape index (κ1) is 14.2. The SMILES string of the molecule is O=C(O)CS(=O)(=O)Nc1ccc([N+](=O)[O-])cc1Cl. The van der Waals surface area contributed by atoms with Crippen molar-refractivity contribution in [2.75, 3.05) is 10.5 Å². The topological polar surface area (TPSA) is 127 Å². The quantitative estimate of drug-likeness (QED) is 0.618. The van der Waals surface area contributed by atoms with Crippen molar-refractivity contribution in [1.29, 1.82) is 0 Å². The van der Waals surface area contributed by atoms with E-state index in [1.807, 2.05) is 4.72 Å². The van der Waals surface area contributed by atoms with Crippen LogP contribution in [0.5, 0.6) is 0 Å². The molecule has 0 radical (unpaired) electrons. The molecule has 0 aliphatic heterocycles. The first-order chi connectivity index (χ1) is 8.21. The Morgan fingerprint density at radius 2 is 2.11 bits per heavy atom. The number of benzene rings is 1. The normalized spacial score (nSPS) is 10.9. The molecular weight excluding hydrogens is 288 g/mol. The number of carbonyl (C=O) groups is 1. The summed E-state index contributed by atoms with van der Waals surface area (Å²) in [6.45, 7) is 0. The maximum Gasteiger partial charge on any atom is 0.320 e. The third kappa shape index (κ3) is 3.86. The Balaban J connectivity index is 2.99. The zero-order chi connectivity index (χ0) is 13.9. The standard InChI is InChI=1S/C8H7ClN2O6S/c9-6-3-5(11(14)15)1-2-7(6)10-18(16,17)4-8(12)13/h1-3,10H,4H2,(H,12,13). The predicted octanol–water partition coefficient (Wildman–Crippen LogP) is 1.07. The average Bonchev–Trinajstić information content (AvgIpc) is 2.18. The Labute approximate surface area is 106 Å². The van der Waals surface area contributed by atoms with E-state index in [0.29, 0.717) is 0 Å². The van der Waals surface area contributed by atoms with E-state index in [9.17, 15) is 23.3 Å². The van der Waals surface area contributed by atoms with Gasteiger partial charge in [0.2, 0.25) is 10.0 Å². The lowest BCUT2D eigenvalue weighted by molar-refractivity contribution is -0.384. The zero-order valence-electron chi connectivity index (χ0n) is 8.66. The van der Waals surface area contributed by atoms with Crippen molar-refractivity contribution < 1.29 is 23.2 Å². The first-order valence-electron chi connectivity index (χ1n) is 4.37. The molecular formula is C8H7ClN2O6S. The number of nitrogens with one attached hydrogen (secondary N) is 1. The van der Waals surface area contributed by atoms with Gasteiger partial charge in [-0.25, -0.2) is 8.42 Å². The van der Waals surface area contributed by atoms with Crippen molar-refractivity contribution in [1.82, 2.24) is 0 Å². The van der Waals surface area contributed by atoms with Crippen LogP contribution in [-0.4, -0.2) is 30.2 Å². The number of hydrogen-bond acceptors (Lipinski definition) is 5. The number of halogens is 1. The summed E-state index contributed by atoms with van der Waals surface area (Å²) in [6, 6.07) is 3.09. The van der Waals surface area contributed by atoms with Crippen molar-refractivity contribution in [2.24, 2.45) is 0 Å². The number of anilines is 1. The summed E-state index contributed by atoms with van der Waals surface area (Å²) in [5, 5.41) is 18.6. The lowest BCUT2D eigenvalue weighted by Gasteiger charge is -2.07. The number of non-ortho nitro benzene ring substituents is 1. The number of hydrogen-bond donors (Lipinski definition) is 2. The van der Waals surface area contributed by atoms with Crippen molar-refractivity contribution in [3.05, 3.63) is 33.3 Å². The molecule has 0 heterocycles. The molecule has 98 valence electrons. The Hall–Kier alpha value is -1.87. The molecule has 0 unspecified atom stereocenters. The van der Waals surface area contributed by atoms with E-state index < -0.39 is 26.7 Å². The van der Waals surface area contributed by atoms with Gasteiger partial charge in [0.15, 0.2) is 5.75 Å². The summed E-state index contributed by atoms with van der Waals surface area (Å²) in [7, 11) is -4.09. The Bertz CT molecular complexity index is 600. The molecule has 0 aliphatic carbocycles. The fraction of sp³-hybridized carbons (Fsp3) is 0.125. The summed E-state index contributed by atoms with van der Waals surface area (Å²) in [5.74, 6) is -2.65. The van der Waals surface area contributed by atoms with E-state index in [4.69, 9.17) is 16.7 Å². The molecule has 0 amide bonds. The molecule has 0 aliphatic rings. The highest BCUT2D eigenvalue weighted by atomic mass is 35.5. The van der Waals surface area contributed by atoms with Gasteiger partial charge in [-0.1, -0.05) is 11.6 Å². The van der Waals surface area contributed by atoms with Crippen LogP contribution in [0.15, 0.2) is 18.2 Å². The van der Waals surface area contributed by atoms with Gasteiger partial charge in [0.05, 0.1) is 15.6 Å². The molecule has 0 saturated heterocycles. The van der Waals surface area contributed by atoms with Gasteiger partial charge in [-0.05, 0) is 6.07 Å². The molecule has 8 nitrogen and oxygen atoms in total. The number of rotatable bonds is 5. The van der Waals surface area contributed by atoms with Crippen molar-refractivity contribution in [3.63, 3.8) is 0 Å². The van der Waals surface area contributed by atoms with Crippen LogP contribution in [0, 0.1) is 10.1 Å². The van der Waals surface area contributed by atoms with Crippen molar-refractivity contribution in [3.8, 4) is 0 Å². The highest BCUT2D eigenvalue weighted by molar-refractivity contribution is 7.93. The molecule has 2 N–H and O–H groups in total. The third-order valence-corrected chi connectivity index (χ3v) is 3.21. The van der Waals surface area contributed by atoms with E-state index in [1.54, 1.807) is 0 Å². The molecule has 0 saturated carbocycles.